The zero-order valence-corrected chi connectivity index (χ0v) is 20.2. The topological polar surface area (TPSA) is 102 Å². The monoisotopic (exact) mass is 490 g/mol. The number of carbonyl (C=O) groups excluding carboxylic acids is 2. The van der Waals surface area contributed by atoms with E-state index in [-0.39, 0.29) is 17.6 Å². The number of carbonyl (C=O) groups is 2. The van der Waals surface area contributed by atoms with E-state index in [1.165, 1.54) is 42.2 Å². The van der Waals surface area contributed by atoms with Gasteiger partial charge in [0.15, 0.2) is 11.5 Å². The molecule has 0 aliphatic carbocycles. The van der Waals surface area contributed by atoms with Gasteiger partial charge in [-0.05, 0) is 48.2 Å². The van der Waals surface area contributed by atoms with E-state index in [4.69, 9.17) is 9.47 Å². The second kappa shape index (κ2) is 11.7. The van der Waals surface area contributed by atoms with E-state index in [1.807, 2.05) is 19.1 Å². The van der Waals surface area contributed by atoms with Gasteiger partial charge >= 0.3 is 0 Å². The van der Waals surface area contributed by atoms with Crippen LogP contribution in [0.5, 0.6) is 11.5 Å². The average molecular weight is 491 g/mol. The molecule has 1 heterocycles. The van der Waals surface area contributed by atoms with Gasteiger partial charge in [0.2, 0.25) is 16.2 Å². The first-order valence-electron chi connectivity index (χ1n) is 9.55. The minimum atomic E-state index is -0.261. The highest BCUT2D eigenvalue weighted by atomic mass is 32.2. The second-order valence-electron chi connectivity index (χ2n) is 6.20. The summed E-state index contributed by atoms with van der Waals surface area (Å²) in [5, 5.41) is 6.78. The van der Waals surface area contributed by atoms with E-state index in [0.29, 0.717) is 33.0 Å². The van der Waals surface area contributed by atoms with Crippen LogP contribution in [-0.2, 0) is 4.79 Å². The van der Waals surface area contributed by atoms with Crippen molar-refractivity contribution in [2.24, 2.45) is 0 Å². The number of anilines is 2. The quantitative estimate of drug-likeness (QED) is 0.396. The van der Waals surface area contributed by atoms with Crippen LogP contribution in [-0.4, -0.2) is 46.9 Å². The van der Waals surface area contributed by atoms with Crippen molar-refractivity contribution in [2.45, 2.75) is 17.0 Å². The van der Waals surface area contributed by atoms with Crippen LogP contribution in [0.1, 0.15) is 17.3 Å². The molecule has 0 spiro atoms. The van der Waals surface area contributed by atoms with Gasteiger partial charge in [-0.3, -0.25) is 14.9 Å². The second-order valence-corrected chi connectivity index (χ2v) is 9.23. The standard InChI is InChI=1S/C21H22N4O4S3/c1-4-30-21-24-20(32-25-21)23-18(26)12-31-15-8-6-14(7-9-15)22-19(27)13-5-10-16(28-2)17(11-13)29-3/h5-11H,4,12H2,1-3H3,(H,22,27)(H,23,24,25,26). The number of ether oxygens (including phenoxy) is 2. The van der Waals surface area contributed by atoms with Gasteiger partial charge in [0.05, 0.1) is 20.0 Å². The fourth-order valence-corrected chi connectivity index (χ4v) is 4.55. The van der Waals surface area contributed by atoms with Crippen LogP contribution in [0.25, 0.3) is 0 Å². The predicted octanol–water partition coefficient (Wildman–Crippen LogP) is 4.65. The van der Waals surface area contributed by atoms with Gasteiger partial charge in [-0.15, -0.1) is 11.8 Å². The molecule has 32 heavy (non-hydrogen) atoms. The summed E-state index contributed by atoms with van der Waals surface area (Å²) in [6.45, 7) is 2.02. The van der Waals surface area contributed by atoms with Crippen LogP contribution in [0.3, 0.4) is 0 Å². The van der Waals surface area contributed by atoms with Gasteiger partial charge in [0, 0.05) is 27.7 Å². The third-order valence-corrected chi connectivity index (χ3v) is 6.54. The van der Waals surface area contributed by atoms with Gasteiger partial charge in [0.1, 0.15) is 0 Å². The molecule has 8 nitrogen and oxygen atoms in total. The molecule has 0 fully saturated rings. The van der Waals surface area contributed by atoms with Gasteiger partial charge in [0.25, 0.3) is 5.91 Å². The molecule has 0 saturated carbocycles. The molecule has 3 rings (SSSR count). The fourth-order valence-electron chi connectivity index (χ4n) is 2.57. The average Bonchev–Trinajstić information content (AvgIpc) is 3.25. The molecule has 1 aromatic heterocycles. The summed E-state index contributed by atoms with van der Waals surface area (Å²) in [7, 11) is 3.06. The fraction of sp³-hybridized carbons (Fsp3) is 0.238. The van der Waals surface area contributed by atoms with Crippen molar-refractivity contribution in [3.63, 3.8) is 0 Å². The van der Waals surface area contributed by atoms with Crippen molar-refractivity contribution in [2.75, 3.05) is 36.4 Å². The Morgan fingerprint density at radius 2 is 1.75 bits per heavy atom. The number of methoxy groups -OCH3 is 2. The molecule has 0 bridgehead atoms. The summed E-state index contributed by atoms with van der Waals surface area (Å²) in [5.74, 6) is 1.76. The molecule has 11 heteroatoms. The minimum Gasteiger partial charge on any atom is -0.493 e. The van der Waals surface area contributed by atoms with Gasteiger partial charge in [-0.2, -0.15) is 9.36 Å². The minimum absolute atomic E-state index is 0.148. The Morgan fingerprint density at radius 1 is 1.00 bits per heavy atom. The molecule has 3 aromatic rings. The number of hydrogen-bond acceptors (Lipinski definition) is 9. The highest BCUT2D eigenvalue weighted by molar-refractivity contribution is 8.00. The number of thioether (sulfide) groups is 2. The van der Waals surface area contributed by atoms with E-state index >= 15 is 0 Å². The molecule has 168 valence electrons. The van der Waals surface area contributed by atoms with Crippen LogP contribution in [0, 0.1) is 0 Å². The summed E-state index contributed by atoms with van der Waals surface area (Å²) in [4.78, 5) is 29.8. The molecule has 0 aliphatic rings. The third kappa shape index (κ3) is 6.62. The molecule has 2 amide bonds. The van der Waals surface area contributed by atoms with Crippen molar-refractivity contribution in [1.29, 1.82) is 0 Å². The first-order valence-corrected chi connectivity index (χ1v) is 12.3. The first kappa shape index (κ1) is 23.9. The number of hydrogen-bond donors (Lipinski definition) is 2. The van der Waals surface area contributed by atoms with Crippen LogP contribution in [0.2, 0.25) is 0 Å². The first-order chi connectivity index (χ1) is 15.5. The van der Waals surface area contributed by atoms with E-state index < -0.39 is 0 Å². The summed E-state index contributed by atoms with van der Waals surface area (Å²) >= 11 is 4.10. The van der Waals surface area contributed by atoms with Gasteiger partial charge in [-0.1, -0.05) is 18.7 Å². The SMILES string of the molecule is CCSc1nsc(NC(=O)CSc2ccc(NC(=O)c3ccc(OC)c(OC)c3)cc2)n1. The normalized spacial score (nSPS) is 10.5. The molecule has 0 atom stereocenters. The molecule has 2 aromatic carbocycles. The number of nitrogens with zero attached hydrogens (tertiary/aromatic N) is 2. The number of rotatable bonds is 10. The van der Waals surface area contributed by atoms with Crippen LogP contribution in [0.15, 0.2) is 52.5 Å². The summed E-state index contributed by atoms with van der Waals surface area (Å²) in [6.07, 6.45) is 0. The zero-order chi connectivity index (χ0) is 22.9. The highest BCUT2D eigenvalue weighted by Crippen LogP contribution is 2.28. The lowest BCUT2D eigenvalue weighted by atomic mass is 10.2. The number of benzene rings is 2. The van der Waals surface area contributed by atoms with E-state index in [2.05, 4.69) is 20.0 Å². The Labute approximate surface area is 198 Å². The Morgan fingerprint density at radius 3 is 2.44 bits per heavy atom. The van der Waals surface area contributed by atoms with E-state index in [1.54, 1.807) is 37.4 Å². The predicted molar refractivity (Wildman–Crippen MR) is 130 cm³/mol. The van der Waals surface area contributed by atoms with Crippen molar-refractivity contribution in [1.82, 2.24) is 9.36 Å². The van der Waals surface area contributed by atoms with Gasteiger partial charge < -0.3 is 14.8 Å². The van der Waals surface area contributed by atoms with Crippen LogP contribution < -0.4 is 20.1 Å². The van der Waals surface area contributed by atoms with Crippen molar-refractivity contribution in [3.05, 3.63) is 48.0 Å². The molecular weight excluding hydrogens is 468 g/mol. The third-order valence-electron chi connectivity index (χ3n) is 4.06. The maximum absolute atomic E-state index is 12.5. The summed E-state index contributed by atoms with van der Waals surface area (Å²) < 4.78 is 14.6. The van der Waals surface area contributed by atoms with E-state index in [9.17, 15) is 9.59 Å². The Hall–Kier alpha value is -2.76. The smallest absolute Gasteiger partial charge is 0.255 e. The lowest BCUT2D eigenvalue weighted by molar-refractivity contribution is -0.113. The number of nitrogens with one attached hydrogen (secondary N) is 2. The Bertz CT molecular complexity index is 1070. The number of amides is 2. The van der Waals surface area contributed by atoms with Crippen LogP contribution >= 0.6 is 35.1 Å². The molecule has 2 N–H and O–H groups in total. The van der Waals surface area contributed by atoms with E-state index in [0.717, 1.165) is 10.6 Å². The van der Waals surface area contributed by atoms with Crippen molar-refractivity contribution in [3.8, 4) is 11.5 Å². The lowest BCUT2D eigenvalue weighted by Gasteiger charge is -2.10. The Balaban J connectivity index is 1.51. The largest absolute Gasteiger partial charge is 0.493 e. The van der Waals surface area contributed by atoms with Crippen LogP contribution in [0.4, 0.5) is 10.8 Å². The Kier molecular flexibility index (Phi) is 8.77. The molecular formula is C21H22N4O4S3. The van der Waals surface area contributed by atoms with Gasteiger partial charge in [-0.25, -0.2) is 0 Å². The van der Waals surface area contributed by atoms with Crippen molar-refractivity contribution < 1.29 is 19.1 Å². The number of aromatic nitrogens is 2. The molecule has 0 aliphatic heterocycles. The van der Waals surface area contributed by atoms with Crippen molar-refractivity contribution >= 4 is 57.7 Å². The zero-order valence-electron chi connectivity index (χ0n) is 17.7. The molecule has 0 saturated heterocycles. The summed E-state index contributed by atoms with van der Waals surface area (Å²) in [5.41, 5.74) is 1.10. The summed E-state index contributed by atoms with van der Waals surface area (Å²) in [6, 6.07) is 12.3. The lowest BCUT2D eigenvalue weighted by Crippen LogP contribution is -2.13. The molecule has 0 radical (unpaired) electrons. The molecule has 0 unspecified atom stereocenters. The maximum Gasteiger partial charge on any atom is 0.255 e. The highest BCUT2D eigenvalue weighted by Gasteiger charge is 2.12. The maximum atomic E-state index is 12.5.